The molecule has 1 amide bonds. The average molecular weight is 399 g/mol. The topological polar surface area (TPSA) is 120 Å². The lowest BCUT2D eigenvalue weighted by Crippen LogP contribution is -2.27. The Hall–Kier alpha value is -3.20. The van der Waals surface area contributed by atoms with Crippen molar-refractivity contribution in [3.63, 3.8) is 0 Å². The second-order valence-electron chi connectivity index (χ2n) is 6.66. The number of hydrogen-bond donors (Lipinski definition) is 3. The van der Waals surface area contributed by atoms with Crippen LogP contribution >= 0.6 is 11.3 Å². The van der Waals surface area contributed by atoms with E-state index in [1.54, 1.807) is 6.92 Å². The summed E-state index contributed by atoms with van der Waals surface area (Å²) in [7, 11) is 0. The van der Waals surface area contributed by atoms with Crippen molar-refractivity contribution in [3.8, 4) is 5.69 Å². The van der Waals surface area contributed by atoms with E-state index in [0.29, 0.717) is 33.1 Å². The summed E-state index contributed by atoms with van der Waals surface area (Å²) in [4.78, 5) is 26.7. The highest BCUT2D eigenvalue weighted by Crippen LogP contribution is 2.36. The second kappa shape index (κ2) is 6.16. The fourth-order valence-corrected chi connectivity index (χ4v) is 5.02. The molecule has 0 aliphatic heterocycles. The Morgan fingerprint density at radius 3 is 2.75 bits per heavy atom. The highest BCUT2D eigenvalue weighted by molar-refractivity contribution is 7.19. The zero-order valence-corrected chi connectivity index (χ0v) is 16.3. The van der Waals surface area contributed by atoms with Gasteiger partial charge in [0, 0.05) is 10.3 Å². The van der Waals surface area contributed by atoms with Gasteiger partial charge in [-0.1, -0.05) is 6.92 Å². The summed E-state index contributed by atoms with van der Waals surface area (Å²) in [5.74, 6) is -1.27. The summed E-state index contributed by atoms with van der Waals surface area (Å²) in [5, 5.41) is 7.29. The Kier molecular flexibility index (Phi) is 4.00. The first-order chi connectivity index (χ1) is 13.3. The van der Waals surface area contributed by atoms with Gasteiger partial charge in [0.15, 0.2) is 0 Å². The maximum Gasteiger partial charge on any atom is 0.265 e. The number of nitrogens with two attached hydrogens (primary N) is 2. The van der Waals surface area contributed by atoms with Crippen LogP contribution in [-0.2, 0) is 6.42 Å². The van der Waals surface area contributed by atoms with Crippen molar-refractivity contribution in [2.24, 2.45) is 5.73 Å². The Balaban J connectivity index is 2.27. The summed E-state index contributed by atoms with van der Waals surface area (Å²) in [6.07, 6.45) is 2.14. The first-order valence-corrected chi connectivity index (χ1v) is 9.48. The number of halogens is 1. The van der Waals surface area contributed by atoms with Crippen LogP contribution < -0.4 is 17.0 Å². The van der Waals surface area contributed by atoms with Crippen LogP contribution in [0.5, 0.6) is 0 Å². The number of fused-ring (bicyclic) bond motifs is 2. The van der Waals surface area contributed by atoms with Crippen LogP contribution in [0, 0.1) is 19.7 Å². The summed E-state index contributed by atoms with van der Waals surface area (Å²) < 4.78 is 16.0. The quantitative estimate of drug-likeness (QED) is 0.490. The van der Waals surface area contributed by atoms with Crippen molar-refractivity contribution in [2.75, 3.05) is 5.73 Å². The molecule has 4 aromatic rings. The zero-order valence-electron chi connectivity index (χ0n) is 15.5. The fourth-order valence-electron chi connectivity index (χ4n) is 3.73. The number of nitrogens with one attached hydrogen (secondary N) is 1. The third-order valence-corrected chi connectivity index (χ3v) is 6.48. The molecule has 0 unspecified atom stereocenters. The van der Waals surface area contributed by atoms with Crippen LogP contribution in [-0.4, -0.2) is 20.7 Å². The number of carbonyl (C=O) groups excluding carboxylic acids is 1. The molecule has 0 atom stereocenters. The van der Waals surface area contributed by atoms with Gasteiger partial charge in [0.25, 0.3) is 11.5 Å². The lowest BCUT2D eigenvalue weighted by atomic mass is 10.1. The molecule has 9 heteroatoms. The maximum atomic E-state index is 14.3. The number of primary amides is 1. The molecule has 0 bridgehead atoms. The van der Waals surface area contributed by atoms with Crippen LogP contribution in [0.25, 0.3) is 26.7 Å². The van der Waals surface area contributed by atoms with Crippen molar-refractivity contribution >= 4 is 44.1 Å². The van der Waals surface area contributed by atoms with Crippen LogP contribution in [0.2, 0.25) is 0 Å². The molecule has 144 valence electrons. The largest absolute Gasteiger partial charge is 0.384 e. The Morgan fingerprint density at radius 2 is 2.11 bits per heavy atom. The van der Waals surface area contributed by atoms with E-state index >= 15 is 0 Å². The minimum Gasteiger partial charge on any atom is -0.384 e. The van der Waals surface area contributed by atoms with Crippen molar-refractivity contribution in [3.05, 3.63) is 50.0 Å². The van der Waals surface area contributed by atoms with Crippen LogP contribution in [0.15, 0.2) is 17.1 Å². The monoisotopic (exact) mass is 399 g/mol. The zero-order chi connectivity index (χ0) is 20.3. The molecule has 0 saturated heterocycles. The molecule has 28 heavy (non-hydrogen) atoms. The lowest BCUT2D eigenvalue weighted by Gasteiger charge is -2.17. The predicted molar refractivity (Wildman–Crippen MR) is 109 cm³/mol. The highest BCUT2D eigenvalue weighted by atomic mass is 32.1. The minimum absolute atomic E-state index is 0.0638. The first kappa shape index (κ1) is 18.2. The number of rotatable bonds is 3. The SMILES string of the molecule is CCc1sc2c(C(N)=O)c(N)n(-c3c(C)cc(F)c4[nH]ncc34)c(=O)c2c1C. The third-order valence-electron chi connectivity index (χ3n) is 5.03. The lowest BCUT2D eigenvalue weighted by molar-refractivity contribution is 0.100. The molecule has 7 nitrogen and oxygen atoms in total. The number of hydrogen-bond acceptors (Lipinski definition) is 5. The number of nitrogens with zero attached hydrogens (tertiary/aromatic N) is 2. The number of aromatic amines is 1. The second-order valence-corrected chi connectivity index (χ2v) is 7.76. The summed E-state index contributed by atoms with van der Waals surface area (Å²) in [6.45, 7) is 5.49. The number of H-pyrrole nitrogens is 1. The van der Waals surface area contributed by atoms with E-state index in [9.17, 15) is 14.0 Å². The number of thiophene rings is 1. The van der Waals surface area contributed by atoms with Crippen molar-refractivity contribution < 1.29 is 9.18 Å². The Bertz CT molecular complexity index is 1350. The minimum atomic E-state index is -0.719. The summed E-state index contributed by atoms with van der Waals surface area (Å²) in [5.41, 5.74) is 13.5. The highest BCUT2D eigenvalue weighted by Gasteiger charge is 2.26. The molecule has 3 heterocycles. The smallest absolute Gasteiger partial charge is 0.265 e. The van der Waals surface area contributed by atoms with Gasteiger partial charge in [0.1, 0.15) is 17.2 Å². The third kappa shape index (κ3) is 2.29. The summed E-state index contributed by atoms with van der Waals surface area (Å²) in [6, 6.07) is 1.30. The van der Waals surface area contributed by atoms with Gasteiger partial charge in [-0.2, -0.15) is 5.10 Å². The van der Waals surface area contributed by atoms with Crippen LogP contribution in [0.1, 0.15) is 33.3 Å². The summed E-state index contributed by atoms with van der Waals surface area (Å²) >= 11 is 1.35. The molecule has 0 saturated carbocycles. The van der Waals surface area contributed by atoms with Gasteiger partial charge in [-0.15, -0.1) is 11.3 Å². The number of aryl methyl sites for hydroxylation is 3. The molecule has 5 N–H and O–H groups in total. The number of benzene rings is 1. The van der Waals surface area contributed by atoms with Gasteiger partial charge < -0.3 is 11.5 Å². The molecule has 0 aliphatic carbocycles. The van der Waals surface area contributed by atoms with Crippen LogP contribution in [0.3, 0.4) is 0 Å². The predicted octanol–water partition coefficient (Wildman–Crippen LogP) is 2.93. The number of amides is 1. The van der Waals surface area contributed by atoms with Crippen molar-refractivity contribution in [1.82, 2.24) is 14.8 Å². The number of carbonyl (C=O) groups is 1. The fraction of sp³-hybridized carbons (Fsp3) is 0.211. The van der Waals surface area contributed by atoms with Gasteiger partial charge in [0.2, 0.25) is 0 Å². The molecular formula is C19H18FN5O2S. The first-order valence-electron chi connectivity index (χ1n) is 8.66. The van der Waals surface area contributed by atoms with Gasteiger partial charge in [-0.05, 0) is 37.5 Å². The van der Waals surface area contributed by atoms with E-state index in [4.69, 9.17) is 11.5 Å². The molecule has 3 aromatic heterocycles. The maximum absolute atomic E-state index is 14.3. The molecule has 0 aliphatic rings. The van der Waals surface area contributed by atoms with E-state index in [-0.39, 0.29) is 22.5 Å². The van der Waals surface area contributed by atoms with E-state index < -0.39 is 11.7 Å². The Morgan fingerprint density at radius 1 is 1.39 bits per heavy atom. The number of pyridine rings is 1. The molecule has 4 rings (SSSR count). The molecule has 0 radical (unpaired) electrons. The number of aromatic nitrogens is 3. The number of nitrogen functional groups attached to an aromatic ring is 1. The Labute approximate surface area is 162 Å². The number of anilines is 1. The van der Waals surface area contributed by atoms with E-state index in [1.165, 1.54) is 28.2 Å². The van der Waals surface area contributed by atoms with E-state index in [2.05, 4.69) is 10.2 Å². The van der Waals surface area contributed by atoms with Gasteiger partial charge in [-0.25, -0.2) is 4.39 Å². The molecule has 0 fully saturated rings. The standard InChI is InChI=1S/C19H18FN5O2S/c1-4-11-8(3)12-16(28-11)13(18(22)26)17(21)25(19(12)27)15-7(2)5-10(20)14-9(15)6-23-24-14/h5-6H,4,21H2,1-3H3,(H2,22,26)(H,23,24). The van der Waals surface area contributed by atoms with Crippen molar-refractivity contribution in [2.45, 2.75) is 27.2 Å². The normalized spacial score (nSPS) is 11.6. The van der Waals surface area contributed by atoms with Gasteiger partial charge in [-0.3, -0.25) is 19.3 Å². The van der Waals surface area contributed by atoms with E-state index in [1.807, 2.05) is 13.8 Å². The van der Waals surface area contributed by atoms with Crippen LogP contribution in [0.4, 0.5) is 10.2 Å². The molecule has 1 aromatic carbocycles. The molecular weight excluding hydrogens is 381 g/mol. The average Bonchev–Trinajstić information content (AvgIpc) is 3.22. The van der Waals surface area contributed by atoms with Gasteiger partial charge in [0.05, 0.1) is 27.5 Å². The molecule has 0 spiro atoms. The van der Waals surface area contributed by atoms with Gasteiger partial charge >= 0.3 is 0 Å². The van der Waals surface area contributed by atoms with E-state index in [0.717, 1.165) is 10.4 Å². The van der Waals surface area contributed by atoms with Crippen molar-refractivity contribution in [1.29, 1.82) is 0 Å².